The third-order valence-corrected chi connectivity index (χ3v) is 5.19. The van der Waals surface area contributed by atoms with E-state index >= 15 is 0 Å². The van der Waals surface area contributed by atoms with E-state index < -0.39 is 26.7 Å². The molecule has 6 nitrogen and oxygen atoms in total. The van der Waals surface area contributed by atoms with Crippen LogP contribution in [0.15, 0.2) is 29.2 Å². The molecule has 0 aliphatic heterocycles. The fraction of sp³-hybridized carbons (Fsp3) is 0.533. The van der Waals surface area contributed by atoms with Gasteiger partial charge in [0, 0.05) is 32.6 Å². The molecule has 1 aromatic carbocycles. The van der Waals surface area contributed by atoms with Crippen molar-refractivity contribution < 1.29 is 26.4 Å². The van der Waals surface area contributed by atoms with Gasteiger partial charge in [-0.15, -0.1) is 12.4 Å². The number of rotatable bonds is 8. The summed E-state index contributed by atoms with van der Waals surface area (Å²) in [6, 6.07) is 3.36. The van der Waals surface area contributed by atoms with Crippen molar-refractivity contribution in [2.75, 3.05) is 20.1 Å². The van der Waals surface area contributed by atoms with Crippen LogP contribution in [0.25, 0.3) is 0 Å². The zero-order valence-electron chi connectivity index (χ0n) is 14.4. The number of carbonyl (C=O) groups excluding carboxylic acids is 1. The van der Waals surface area contributed by atoms with Crippen LogP contribution in [-0.4, -0.2) is 45.4 Å². The van der Waals surface area contributed by atoms with Crippen LogP contribution in [0.1, 0.15) is 25.3 Å². The minimum absolute atomic E-state index is 0. The lowest BCUT2D eigenvalue weighted by Crippen LogP contribution is -2.39. The monoisotopic (exact) mass is 417 g/mol. The Kier molecular flexibility index (Phi) is 9.57. The SMILES string of the molecule is CC(CN)N(C)C(=O)CCCNS(=O)(=O)c1cccc(C(F)(F)F)c1.Cl. The van der Waals surface area contributed by atoms with Gasteiger partial charge in [0.15, 0.2) is 0 Å². The molecule has 1 unspecified atom stereocenters. The molecule has 1 aromatic rings. The van der Waals surface area contributed by atoms with E-state index in [9.17, 15) is 26.4 Å². The number of nitrogens with zero attached hydrogens (tertiary/aromatic N) is 1. The molecule has 150 valence electrons. The van der Waals surface area contributed by atoms with Crippen LogP contribution >= 0.6 is 12.4 Å². The molecule has 1 atom stereocenters. The average molecular weight is 418 g/mol. The van der Waals surface area contributed by atoms with E-state index in [4.69, 9.17) is 5.73 Å². The maximum Gasteiger partial charge on any atom is 0.416 e. The van der Waals surface area contributed by atoms with Crippen molar-refractivity contribution in [3.63, 3.8) is 0 Å². The predicted molar refractivity (Wildman–Crippen MR) is 94.4 cm³/mol. The number of sulfonamides is 1. The number of hydrogen-bond donors (Lipinski definition) is 2. The van der Waals surface area contributed by atoms with Crippen LogP contribution in [0.3, 0.4) is 0 Å². The van der Waals surface area contributed by atoms with Gasteiger partial charge in [0.1, 0.15) is 0 Å². The normalized spacial score (nSPS) is 13.0. The second-order valence-electron chi connectivity index (χ2n) is 5.62. The molecular weight excluding hydrogens is 395 g/mol. The van der Waals surface area contributed by atoms with Crippen molar-refractivity contribution in [3.05, 3.63) is 29.8 Å². The second-order valence-corrected chi connectivity index (χ2v) is 7.38. The summed E-state index contributed by atoms with van der Waals surface area (Å²) < 4.78 is 64.3. The Labute approximate surface area is 157 Å². The van der Waals surface area contributed by atoms with Crippen LogP contribution in [0.2, 0.25) is 0 Å². The first-order valence-electron chi connectivity index (χ1n) is 7.61. The van der Waals surface area contributed by atoms with Gasteiger partial charge in [-0.05, 0) is 31.5 Å². The highest BCUT2D eigenvalue weighted by molar-refractivity contribution is 7.89. The molecule has 0 aliphatic carbocycles. The molecule has 0 aromatic heterocycles. The number of nitrogens with two attached hydrogens (primary N) is 1. The summed E-state index contributed by atoms with van der Waals surface area (Å²) in [4.78, 5) is 12.9. The third kappa shape index (κ3) is 7.10. The molecule has 0 saturated heterocycles. The molecule has 0 radical (unpaired) electrons. The minimum Gasteiger partial charge on any atom is -0.342 e. The van der Waals surface area contributed by atoms with E-state index in [0.29, 0.717) is 12.6 Å². The van der Waals surface area contributed by atoms with Crippen molar-refractivity contribution >= 4 is 28.3 Å². The largest absolute Gasteiger partial charge is 0.416 e. The van der Waals surface area contributed by atoms with Crippen molar-refractivity contribution in [3.8, 4) is 0 Å². The van der Waals surface area contributed by atoms with Gasteiger partial charge in [0.2, 0.25) is 15.9 Å². The number of carbonyl (C=O) groups is 1. The summed E-state index contributed by atoms with van der Waals surface area (Å²) in [7, 11) is -2.47. The first-order valence-corrected chi connectivity index (χ1v) is 9.10. The zero-order chi connectivity index (χ0) is 19.3. The molecule has 0 fully saturated rings. The quantitative estimate of drug-likeness (QED) is 0.633. The Morgan fingerprint density at radius 2 is 1.96 bits per heavy atom. The number of alkyl halides is 3. The van der Waals surface area contributed by atoms with Gasteiger partial charge in [-0.2, -0.15) is 13.2 Å². The topological polar surface area (TPSA) is 92.5 Å². The maximum absolute atomic E-state index is 12.7. The van der Waals surface area contributed by atoms with E-state index in [1.165, 1.54) is 4.90 Å². The summed E-state index contributed by atoms with van der Waals surface area (Å²) in [6.07, 6.45) is -4.30. The molecule has 0 spiro atoms. The number of halogens is 4. The Morgan fingerprint density at radius 3 is 2.50 bits per heavy atom. The molecule has 0 saturated carbocycles. The number of hydrogen-bond acceptors (Lipinski definition) is 4. The van der Waals surface area contributed by atoms with Gasteiger partial charge in [0.05, 0.1) is 10.5 Å². The molecule has 0 aliphatic rings. The first-order chi connectivity index (χ1) is 11.5. The lowest BCUT2D eigenvalue weighted by atomic mass is 10.2. The van der Waals surface area contributed by atoms with E-state index in [2.05, 4.69) is 4.72 Å². The molecule has 1 rings (SSSR count). The predicted octanol–water partition coefficient (Wildman–Crippen LogP) is 1.99. The molecule has 11 heteroatoms. The fourth-order valence-electron chi connectivity index (χ4n) is 1.95. The fourth-order valence-corrected chi connectivity index (χ4v) is 3.07. The molecule has 3 N–H and O–H groups in total. The Morgan fingerprint density at radius 1 is 1.35 bits per heavy atom. The van der Waals surface area contributed by atoms with E-state index in [1.54, 1.807) is 14.0 Å². The Balaban J connectivity index is 0.00000625. The van der Waals surface area contributed by atoms with Crippen LogP contribution < -0.4 is 10.5 Å². The van der Waals surface area contributed by atoms with E-state index in [0.717, 1.165) is 18.2 Å². The van der Waals surface area contributed by atoms with Gasteiger partial charge >= 0.3 is 6.18 Å². The number of likely N-dealkylation sites (N-methyl/N-ethyl adjacent to an activating group) is 1. The number of nitrogens with one attached hydrogen (secondary N) is 1. The highest BCUT2D eigenvalue weighted by Gasteiger charge is 2.31. The molecule has 0 bridgehead atoms. The van der Waals surface area contributed by atoms with Crippen molar-refractivity contribution in [1.29, 1.82) is 0 Å². The summed E-state index contributed by atoms with van der Waals surface area (Å²) in [6.45, 7) is 2.04. The molecule has 26 heavy (non-hydrogen) atoms. The summed E-state index contributed by atoms with van der Waals surface area (Å²) >= 11 is 0. The van der Waals surface area contributed by atoms with E-state index in [1.807, 2.05) is 0 Å². The zero-order valence-corrected chi connectivity index (χ0v) is 16.0. The standard InChI is InChI=1S/C15H22F3N3O3S.ClH/c1-11(10-19)21(2)14(22)7-4-8-20-25(23,24)13-6-3-5-12(9-13)15(16,17)18;/h3,5-6,9,11,20H,4,7-8,10,19H2,1-2H3;1H. The van der Waals surface area contributed by atoms with E-state index in [-0.39, 0.29) is 43.7 Å². The van der Waals surface area contributed by atoms with Crippen molar-refractivity contribution in [2.24, 2.45) is 5.73 Å². The summed E-state index contributed by atoms with van der Waals surface area (Å²) in [5.41, 5.74) is 4.43. The maximum atomic E-state index is 12.7. The van der Waals surface area contributed by atoms with Crippen molar-refractivity contribution in [1.82, 2.24) is 9.62 Å². The first kappa shape index (κ1) is 24.6. The number of amides is 1. The Bertz CT molecular complexity index is 699. The molecule has 0 heterocycles. The molecular formula is C15H23ClF3N3O3S. The second kappa shape index (κ2) is 10.1. The third-order valence-electron chi connectivity index (χ3n) is 3.73. The average Bonchev–Trinajstić information content (AvgIpc) is 2.56. The highest BCUT2D eigenvalue weighted by atomic mass is 35.5. The highest BCUT2D eigenvalue weighted by Crippen LogP contribution is 2.30. The van der Waals surface area contributed by atoms with Gasteiger partial charge in [-0.3, -0.25) is 4.79 Å². The minimum atomic E-state index is -4.62. The van der Waals surface area contributed by atoms with Gasteiger partial charge < -0.3 is 10.6 Å². The van der Waals surface area contributed by atoms with Gasteiger partial charge in [-0.1, -0.05) is 6.07 Å². The lowest BCUT2D eigenvalue weighted by molar-refractivity contribution is -0.137. The Hall–Kier alpha value is -1.36. The van der Waals surface area contributed by atoms with Gasteiger partial charge in [-0.25, -0.2) is 13.1 Å². The molecule has 1 amide bonds. The van der Waals surface area contributed by atoms with Crippen LogP contribution in [0.4, 0.5) is 13.2 Å². The van der Waals surface area contributed by atoms with Crippen LogP contribution in [0, 0.1) is 0 Å². The summed E-state index contributed by atoms with van der Waals surface area (Å²) in [5.74, 6) is -0.184. The van der Waals surface area contributed by atoms with Crippen LogP contribution in [-0.2, 0) is 21.0 Å². The number of benzene rings is 1. The van der Waals surface area contributed by atoms with Crippen LogP contribution in [0.5, 0.6) is 0 Å². The smallest absolute Gasteiger partial charge is 0.342 e. The summed E-state index contributed by atoms with van der Waals surface area (Å²) in [5, 5.41) is 0. The van der Waals surface area contributed by atoms with Crippen molar-refractivity contribution in [2.45, 2.75) is 36.9 Å². The lowest BCUT2D eigenvalue weighted by Gasteiger charge is -2.23. The van der Waals surface area contributed by atoms with Gasteiger partial charge in [0.25, 0.3) is 0 Å².